The van der Waals surface area contributed by atoms with E-state index in [4.69, 9.17) is 11.6 Å². The summed E-state index contributed by atoms with van der Waals surface area (Å²) in [6.45, 7) is -0.169. The number of carbonyl (C=O) groups excluding carboxylic acids is 2. The number of hydrogen-bond donors (Lipinski definition) is 2. The van der Waals surface area contributed by atoms with Crippen molar-refractivity contribution in [1.82, 2.24) is 10.7 Å². The van der Waals surface area contributed by atoms with E-state index in [1.807, 2.05) is 0 Å². The molecule has 0 aromatic heterocycles. The number of nitrogens with zero attached hydrogens (tertiary/aromatic N) is 1. The van der Waals surface area contributed by atoms with E-state index in [2.05, 4.69) is 31.8 Å². The third-order valence-corrected chi connectivity index (χ3v) is 3.74. The minimum Gasteiger partial charge on any atom is -0.343 e. The summed E-state index contributed by atoms with van der Waals surface area (Å²) in [5.41, 5.74) is 3.60. The van der Waals surface area contributed by atoms with Crippen molar-refractivity contribution in [3.05, 3.63) is 69.2 Å². The van der Waals surface area contributed by atoms with Gasteiger partial charge in [-0.3, -0.25) is 9.59 Å². The average molecular weight is 395 g/mol. The van der Waals surface area contributed by atoms with Crippen LogP contribution in [0.25, 0.3) is 0 Å². The van der Waals surface area contributed by atoms with Crippen molar-refractivity contribution in [1.29, 1.82) is 0 Å². The Labute approximate surface area is 146 Å². The zero-order valence-corrected chi connectivity index (χ0v) is 14.3. The van der Waals surface area contributed by atoms with Crippen LogP contribution in [0.15, 0.2) is 58.1 Å². The maximum Gasteiger partial charge on any atom is 0.259 e. The highest BCUT2D eigenvalue weighted by Gasteiger charge is 2.10. The predicted octanol–water partition coefficient (Wildman–Crippen LogP) is 2.98. The van der Waals surface area contributed by atoms with Crippen LogP contribution in [0.4, 0.5) is 0 Å². The first kappa shape index (κ1) is 17.2. The molecular weight excluding hydrogens is 382 g/mol. The van der Waals surface area contributed by atoms with Crippen molar-refractivity contribution in [2.45, 2.75) is 0 Å². The summed E-state index contributed by atoms with van der Waals surface area (Å²) < 4.78 is 0.665. The zero-order valence-electron chi connectivity index (χ0n) is 11.9. The molecule has 0 aliphatic rings. The second-order valence-corrected chi connectivity index (χ2v) is 5.80. The highest BCUT2D eigenvalue weighted by molar-refractivity contribution is 9.10. The third kappa shape index (κ3) is 5.50. The van der Waals surface area contributed by atoms with E-state index in [1.165, 1.54) is 6.21 Å². The first-order chi connectivity index (χ1) is 11.1. The van der Waals surface area contributed by atoms with E-state index in [0.29, 0.717) is 15.1 Å². The molecule has 23 heavy (non-hydrogen) atoms. The van der Waals surface area contributed by atoms with Gasteiger partial charge in [-0.05, 0) is 45.8 Å². The quantitative estimate of drug-likeness (QED) is 0.604. The second kappa shape index (κ2) is 8.45. The second-order valence-electron chi connectivity index (χ2n) is 4.51. The van der Waals surface area contributed by atoms with Crippen molar-refractivity contribution < 1.29 is 9.59 Å². The van der Waals surface area contributed by atoms with E-state index >= 15 is 0 Å². The summed E-state index contributed by atoms with van der Waals surface area (Å²) in [5.74, 6) is -0.759. The van der Waals surface area contributed by atoms with Gasteiger partial charge in [0.25, 0.3) is 11.8 Å². The number of benzene rings is 2. The smallest absolute Gasteiger partial charge is 0.259 e. The highest BCUT2D eigenvalue weighted by atomic mass is 79.9. The van der Waals surface area contributed by atoms with Gasteiger partial charge >= 0.3 is 0 Å². The molecule has 2 rings (SSSR count). The molecule has 2 aromatic rings. The molecule has 2 amide bonds. The van der Waals surface area contributed by atoms with Crippen LogP contribution in [0.3, 0.4) is 0 Å². The molecular formula is C16H13BrClN3O2. The number of hydrazone groups is 1. The number of amides is 2. The molecule has 0 unspecified atom stereocenters. The Hall–Kier alpha value is -2.18. The average Bonchev–Trinajstić information content (AvgIpc) is 2.55. The minimum atomic E-state index is -0.421. The van der Waals surface area contributed by atoms with Gasteiger partial charge in [0.1, 0.15) is 0 Å². The molecule has 0 heterocycles. The summed E-state index contributed by atoms with van der Waals surface area (Å²) in [6.07, 6.45) is 1.49. The first-order valence-corrected chi connectivity index (χ1v) is 7.83. The summed E-state index contributed by atoms with van der Waals surface area (Å²) in [7, 11) is 0. The Morgan fingerprint density at radius 2 is 1.83 bits per heavy atom. The number of nitrogens with one attached hydrogen (secondary N) is 2. The Kier molecular flexibility index (Phi) is 6.31. The molecule has 0 saturated heterocycles. The lowest BCUT2D eigenvalue weighted by molar-refractivity contribution is -0.120. The van der Waals surface area contributed by atoms with E-state index in [1.54, 1.807) is 48.5 Å². The highest BCUT2D eigenvalue weighted by Crippen LogP contribution is 2.15. The van der Waals surface area contributed by atoms with Gasteiger partial charge in [0.05, 0.1) is 18.3 Å². The molecule has 5 nitrogen and oxygen atoms in total. The van der Waals surface area contributed by atoms with Gasteiger partial charge in [-0.2, -0.15) is 5.10 Å². The fourth-order valence-corrected chi connectivity index (χ4v) is 2.26. The number of rotatable bonds is 5. The Balaban J connectivity index is 1.80. The first-order valence-electron chi connectivity index (χ1n) is 6.66. The van der Waals surface area contributed by atoms with Crippen LogP contribution < -0.4 is 10.7 Å². The largest absolute Gasteiger partial charge is 0.343 e. The molecule has 118 valence electrons. The standard InChI is InChI=1S/C16H13BrClN3O2/c17-14-4-2-1-3-13(14)16(23)19-10-15(22)21-20-9-11-5-7-12(18)8-6-11/h1-9H,10H2,(H,19,23)(H,21,22)/b20-9-. The van der Waals surface area contributed by atoms with Gasteiger partial charge in [0.2, 0.25) is 0 Å². The molecule has 0 aliphatic carbocycles. The maximum absolute atomic E-state index is 11.9. The van der Waals surface area contributed by atoms with Crippen molar-refractivity contribution in [3.63, 3.8) is 0 Å². The van der Waals surface area contributed by atoms with E-state index in [-0.39, 0.29) is 12.5 Å². The maximum atomic E-state index is 11.9. The van der Waals surface area contributed by atoms with Crippen LogP contribution in [-0.4, -0.2) is 24.6 Å². The van der Waals surface area contributed by atoms with Crippen molar-refractivity contribution in [2.75, 3.05) is 6.54 Å². The Morgan fingerprint density at radius 3 is 2.52 bits per heavy atom. The van der Waals surface area contributed by atoms with Gasteiger partial charge in [-0.15, -0.1) is 0 Å². The van der Waals surface area contributed by atoms with Crippen molar-refractivity contribution >= 4 is 45.6 Å². The SMILES string of the molecule is O=C(CNC(=O)c1ccccc1Br)N/N=C\c1ccc(Cl)cc1. The van der Waals surface area contributed by atoms with Gasteiger partial charge in [-0.1, -0.05) is 35.9 Å². The third-order valence-electron chi connectivity index (χ3n) is 2.80. The molecule has 0 atom stereocenters. The van der Waals surface area contributed by atoms with Crippen molar-refractivity contribution in [2.24, 2.45) is 5.10 Å². The number of hydrogen-bond acceptors (Lipinski definition) is 3. The van der Waals surface area contributed by atoms with Crippen LogP contribution in [-0.2, 0) is 4.79 Å². The number of carbonyl (C=O) groups is 2. The molecule has 0 saturated carbocycles. The van der Waals surface area contributed by atoms with Crippen LogP contribution >= 0.6 is 27.5 Å². The summed E-state index contributed by atoms with van der Waals surface area (Å²) in [6, 6.07) is 14.0. The van der Waals surface area contributed by atoms with Gasteiger partial charge < -0.3 is 5.32 Å². The van der Waals surface area contributed by atoms with Crippen LogP contribution in [0.5, 0.6) is 0 Å². The van der Waals surface area contributed by atoms with E-state index in [0.717, 1.165) is 5.56 Å². The fraction of sp³-hybridized carbons (Fsp3) is 0.0625. The molecule has 2 aromatic carbocycles. The molecule has 0 radical (unpaired) electrons. The molecule has 7 heteroatoms. The zero-order chi connectivity index (χ0) is 16.7. The predicted molar refractivity (Wildman–Crippen MR) is 93.7 cm³/mol. The lowest BCUT2D eigenvalue weighted by Gasteiger charge is -2.05. The normalized spacial score (nSPS) is 10.5. The lowest BCUT2D eigenvalue weighted by Crippen LogP contribution is -2.35. The lowest BCUT2D eigenvalue weighted by atomic mass is 10.2. The number of halogens is 2. The molecule has 0 bridgehead atoms. The minimum absolute atomic E-state index is 0.169. The van der Waals surface area contributed by atoms with Gasteiger partial charge in [0.15, 0.2) is 0 Å². The fourth-order valence-electron chi connectivity index (χ4n) is 1.67. The summed E-state index contributed by atoms with van der Waals surface area (Å²) >= 11 is 9.05. The van der Waals surface area contributed by atoms with Gasteiger partial charge in [-0.25, -0.2) is 5.43 Å². The van der Waals surface area contributed by atoms with Gasteiger partial charge in [0, 0.05) is 9.50 Å². The van der Waals surface area contributed by atoms with Crippen molar-refractivity contribution in [3.8, 4) is 0 Å². The summed E-state index contributed by atoms with van der Waals surface area (Å²) in [5, 5.41) is 6.96. The van der Waals surface area contributed by atoms with E-state index in [9.17, 15) is 9.59 Å². The molecule has 2 N–H and O–H groups in total. The monoisotopic (exact) mass is 393 g/mol. The van der Waals surface area contributed by atoms with Crippen LogP contribution in [0.2, 0.25) is 5.02 Å². The van der Waals surface area contributed by atoms with Crippen LogP contribution in [0.1, 0.15) is 15.9 Å². The molecule has 0 spiro atoms. The molecule has 0 aliphatic heterocycles. The topological polar surface area (TPSA) is 70.6 Å². The summed E-state index contributed by atoms with van der Waals surface area (Å²) in [4.78, 5) is 23.6. The van der Waals surface area contributed by atoms with Crippen LogP contribution in [0, 0.1) is 0 Å². The Morgan fingerprint density at radius 1 is 1.13 bits per heavy atom. The molecule has 0 fully saturated rings. The van der Waals surface area contributed by atoms with E-state index < -0.39 is 5.91 Å². The Bertz CT molecular complexity index is 732.